The zero-order chi connectivity index (χ0) is 29.7. The van der Waals surface area contributed by atoms with Crippen LogP contribution in [0.5, 0.6) is 5.75 Å². The largest absolute Gasteiger partial charge is 0.497 e. The van der Waals surface area contributed by atoms with Crippen LogP contribution in [0.1, 0.15) is 21.7 Å². The van der Waals surface area contributed by atoms with E-state index in [1.54, 1.807) is 47.0 Å². The predicted molar refractivity (Wildman–Crippen MR) is 151 cm³/mol. The van der Waals surface area contributed by atoms with E-state index in [0.29, 0.717) is 27.8 Å². The fourth-order valence-corrected chi connectivity index (χ4v) is 4.76. The van der Waals surface area contributed by atoms with Crippen molar-refractivity contribution in [2.24, 2.45) is 0 Å². The Kier molecular flexibility index (Phi) is 9.69. The van der Waals surface area contributed by atoms with E-state index in [4.69, 9.17) is 39.5 Å². The maximum absolute atomic E-state index is 13.1. The smallest absolute Gasteiger partial charge is 0.416 e. The Morgan fingerprint density at radius 3 is 2.44 bits per heavy atom. The van der Waals surface area contributed by atoms with Crippen LogP contribution >= 0.6 is 46.6 Å². The number of halogens is 6. The number of methoxy groups -OCH3 is 1. The van der Waals surface area contributed by atoms with Gasteiger partial charge in [0.1, 0.15) is 5.75 Å². The molecule has 0 unspecified atom stereocenters. The van der Waals surface area contributed by atoms with Gasteiger partial charge in [0, 0.05) is 5.56 Å². The third-order valence-electron chi connectivity index (χ3n) is 5.50. The molecule has 2 amide bonds. The van der Waals surface area contributed by atoms with Gasteiger partial charge in [0.25, 0.3) is 5.91 Å². The van der Waals surface area contributed by atoms with E-state index in [1.807, 2.05) is 0 Å². The second kappa shape index (κ2) is 13.0. The Labute approximate surface area is 251 Å². The molecule has 0 aliphatic carbocycles. The third-order valence-corrected chi connectivity index (χ3v) is 7.50. The number of alkyl halides is 3. The number of aromatic nitrogens is 3. The lowest BCUT2D eigenvalue weighted by atomic mass is 10.2. The minimum atomic E-state index is -4.60. The highest BCUT2D eigenvalue weighted by molar-refractivity contribution is 7.99. The topological polar surface area (TPSA) is 98.1 Å². The second-order valence-electron chi connectivity index (χ2n) is 8.28. The molecule has 8 nitrogen and oxygen atoms in total. The van der Waals surface area contributed by atoms with E-state index in [0.717, 1.165) is 30.0 Å². The fraction of sp³-hybridized carbons (Fsp3) is 0.154. The predicted octanol–water partition coefficient (Wildman–Crippen LogP) is 6.92. The number of amides is 2. The Bertz CT molecular complexity index is 1600. The third kappa shape index (κ3) is 7.64. The molecular weight excluding hydrogens is 626 g/mol. The van der Waals surface area contributed by atoms with Crippen LogP contribution in [0.15, 0.2) is 65.8 Å². The lowest BCUT2D eigenvalue weighted by Crippen LogP contribution is -2.24. The monoisotopic (exact) mass is 643 g/mol. The minimum Gasteiger partial charge on any atom is -0.497 e. The van der Waals surface area contributed by atoms with Crippen molar-refractivity contribution in [2.75, 3.05) is 18.2 Å². The summed E-state index contributed by atoms with van der Waals surface area (Å²) in [5.41, 5.74) is -0.271. The van der Waals surface area contributed by atoms with E-state index < -0.39 is 17.6 Å². The second-order valence-corrected chi connectivity index (χ2v) is 10.4. The number of rotatable bonds is 9. The normalized spacial score (nSPS) is 11.3. The van der Waals surface area contributed by atoms with Crippen molar-refractivity contribution < 1.29 is 27.5 Å². The molecule has 4 rings (SSSR count). The number of benzene rings is 3. The number of carbonyl (C=O) groups is 2. The van der Waals surface area contributed by atoms with E-state index in [-0.39, 0.29) is 39.1 Å². The first-order chi connectivity index (χ1) is 19.5. The van der Waals surface area contributed by atoms with Crippen LogP contribution in [0.2, 0.25) is 15.1 Å². The Morgan fingerprint density at radius 2 is 1.73 bits per heavy atom. The number of ether oxygens (including phenoxy) is 1. The summed E-state index contributed by atoms with van der Waals surface area (Å²) in [6.45, 7) is -0.0457. The quantitative estimate of drug-likeness (QED) is 0.192. The number of thioether (sulfide) groups is 1. The molecule has 4 aromatic rings. The first-order valence-corrected chi connectivity index (χ1v) is 13.7. The van der Waals surface area contributed by atoms with E-state index in [9.17, 15) is 22.8 Å². The number of hydrogen-bond acceptors (Lipinski definition) is 6. The lowest BCUT2D eigenvalue weighted by Gasteiger charge is -2.13. The van der Waals surface area contributed by atoms with Crippen molar-refractivity contribution in [2.45, 2.75) is 17.9 Å². The zero-order valence-electron chi connectivity index (χ0n) is 20.9. The molecule has 1 aromatic heterocycles. The first kappa shape index (κ1) is 30.5. The van der Waals surface area contributed by atoms with Crippen LogP contribution in [0.25, 0.3) is 5.69 Å². The molecule has 1 heterocycles. The van der Waals surface area contributed by atoms with Crippen molar-refractivity contribution in [1.29, 1.82) is 0 Å². The van der Waals surface area contributed by atoms with Crippen molar-refractivity contribution in [3.8, 4) is 11.4 Å². The number of hydrogen-bond donors (Lipinski definition) is 2. The average Bonchev–Trinajstić information content (AvgIpc) is 3.35. The number of nitrogens with one attached hydrogen (secondary N) is 2. The summed E-state index contributed by atoms with van der Waals surface area (Å²) in [5.74, 6) is -0.447. The molecule has 41 heavy (non-hydrogen) atoms. The van der Waals surface area contributed by atoms with Gasteiger partial charge in [0.05, 0.1) is 51.4 Å². The van der Waals surface area contributed by atoms with Gasteiger partial charge in [-0.05, 0) is 54.6 Å². The molecule has 3 aromatic carbocycles. The van der Waals surface area contributed by atoms with Gasteiger partial charge in [-0.15, -0.1) is 10.2 Å². The average molecular weight is 645 g/mol. The summed E-state index contributed by atoms with van der Waals surface area (Å²) >= 11 is 19.2. The van der Waals surface area contributed by atoms with Crippen LogP contribution in [0, 0.1) is 0 Å². The highest BCUT2D eigenvalue weighted by atomic mass is 35.5. The summed E-state index contributed by atoms with van der Waals surface area (Å²) in [6.07, 6.45) is -4.60. The molecule has 0 aliphatic heterocycles. The van der Waals surface area contributed by atoms with E-state index in [2.05, 4.69) is 20.8 Å². The maximum atomic E-state index is 13.1. The van der Waals surface area contributed by atoms with E-state index >= 15 is 0 Å². The van der Waals surface area contributed by atoms with Gasteiger partial charge in [-0.1, -0.05) is 52.6 Å². The zero-order valence-corrected chi connectivity index (χ0v) is 24.0. The van der Waals surface area contributed by atoms with Gasteiger partial charge in [0.2, 0.25) is 5.91 Å². The number of anilines is 1. The summed E-state index contributed by atoms with van der Waals surface area (Å²) < 4.78 is 46.0. The molecule has 2 N–H and O–H groups in total. The molecule has 0 atom stereocenters. The Balaban J connectivity index is 1.53. The van der Waals surface area contributed by atoms with Gasteiger partial charge in [-0.2, -0.15) is 13.2 Å². The first-order valence-electron chi connectivity index (χ1n) is 11.6. The lowest BCUT2D eigenvalue weighted by molar-refractivity contribution is -0.137. The van der Waals surface area contributed by atoms with Crippen LogP contribution in [-0.4, -0.2) is 39.4 Å². The highest BCUT2D eigenvalue weighted by Crippen LogP contribution is 2.34. The van der Waals surface area contributed by atoms with Crippen molar-refractivity contribution in [3.05, 3.63) is 92.7 Å². The van der Waals surface area contributed by atoms with Crippen LogP contribution in [0.4, 0.5) is 18.9 Å². The number of nitrogens with zero attached hydrogens (tertiary/aromatic N) is 3. The van der Waals surface area contributed by atoms with E-state index in [1.165, 1.54) is 7.11 Å². The Hall–Kier alpha value is -3.45. The van der Waals surface area contributed by atoms with Gasteiger partial charge in [-0.3, -0.25) is 14.2 Å². The maximum Gasteiger partial charge on any atom is 0.416 e. The van der Waals surface area contributed by atoms with Crippen LogP contribution < -0.4 is 15.4 Å². The van der Waals surface area contributed by atoms with Gasteiger partial charge < -0.3 is 15.4 Å². The molecule has 0 fully saturated rings. The summed E-state index contributed by atoms with van der Waals surface area (Å²) in [4.78, 5) is 25.4. The van der Waals surface area contributed by atoms with Crippen molar-refractivity contribution in [1.82, 2.24) is 20.1 Å². The van der Waals surface area contributed by atoms with Gasteiger partial charge >= 0.3 is 6.18 Å². The minimum absolute atomic E-state index is 0.0457. The molecule has 0 saturated heterocycles. The SMILES string of the molecule is COc1cccc(C(=O)NCc2nnc(SCC(=O)Nc3cc(C(F)(F)F)ccc3Cl)n2-c2ccc(Cl)c(Cl)c2)c1. The molecular formula is C26H19Cl3F3N5O3S. The van der Waals surface area contributed by atoms with Gasteiger partial charge in [0.15, 0.2) is 11.0 Å². The molecule has 0 aliphatic rings. The Morgan fingerprint density at radius 1 is 0.976 bits per heavy atom. The van der Waals surface area contributed by atoms with Crippen LogP contribution in [-0.2, 0) is 17.5 Å². The molecule has 0 spiro atoms. The van der Waals surface area contributed by atoms with Crippen molar-refractivity contribution in [3.63, 3.8) is 0 Å². The summed E-state index contributed by atoms with van der Waals surface area (Å²) in [6, 6.07) is 14.0. The summed E-state index contributed by atoms with van der Waals surface area (Å²) in [5, 5.41) is 14.2. The molecule has 0 saturated carbocycles. The molecule has 0 bridgehead atoms. The fourth-order valence-electron chi connectivity index (χ4n) is 3.53. The number of carbonyl (C=O) groups excluding carboxylic acids is 2. The summed E-state index contributed by atoms with van der Waals surface area (Å²) in [7, 11) is 1.49. The van der Waals surface area contributed by atoms with Crippen LogP contribution in [0.3, 0.4) is 0 Å². The van der Waals surface area contributed by atoms with Gasteiger partial charge in [-0.25, -0.2) is 0 Å². The molecule has 0 radical (unpaired) electrons. The molecule has 15 heteroatoms. The standard InChI is InChI=1S/C26H19Cl3F3N5O3S/c1-40-17-4-2-3-14(9-17)24(39)33-12-22-35-36-25(37(22)16-6-8-18(27)20(29)11-16)41-13-23(38)34-21-10-15(26(30,31)32)5-7-19(21)28/h2-11H,12-13H2,1H3,(H,33,39)(H,34,38). The molecule has 214 valence electrons. The van der Waals surface area contributed by atoms with Crippen molar-refractivity contribution >= 4 is 64.1 Å². The highest BCUT2D eigenvalue weighted by Gasteiger charge is 2.31.